The summed E-state index contributed by atoms with van der Waals surface area (Å²) in [5, 5.41) is 5.41. The molecule has 0 N–H and O–H groups in total. The van der Waals surface area contributed by atoms with E-state index in [4.69, 9.17) is 11.6 Å². The van der Waals surface area contributed by atoms with E-state index >= 15 is 0 Å². The molecule has 1 fully saturated rings. The zero-order valence-corrected chi connectivity index (χ0v) is 10.3. The molecule has 1 heterocycles. The second kappa shape index (κ2) is 4.56. The SMILES string of the molecule is CC(C)Cn1nc(C2CCCC2)cc1Cl. The Kier molecular flexibility index (Phi) is 3.35. The molecule has 0 aliphatic heterocycles. The van der Waals surface area contributed by atoms with Crippen molar-refractivity contribution in [1.82, 2.24) is 9.78 Å². The van der Waals surface area contributed by atoms with Gasteiger partial charge in [0, 0.05) is 12.5 Å². The molecule has 2 nitrogen and oxygen atoms in total. The van der Waals surface area contributed by atoms with Crippen LogP contribution in [0, 0.1) is 5.92 Å². The lowest BCUT2D eigenvalue weighted by Gasteiger charge is -2.06. The van der Waals surface area contributed by atoms with E-state index in [1.165, 1.54) is 31.4 Å². The maximum atomic E-state index is 6.17. The topological polar surface area (TPSA) is 17.8 Å². The van der Waals surface area contributed by atoms with Crippen molar-refractivity contribution in [3.63, 3.8) is 0 Å². The average Bonchev–Trinajstić information content (AvgIpc) is 2.75. The predicted molar refractivity (Wildman–Crippen MR) is 63.3 cm³/mol. The van der Waals surface area contributed by atoms with Gasteiger partial charge in [-0.05, 0) is 24.8 Å². The first-order valence-electron chi connectivity index (χ1n) is 5.90. The van der Waals surface area contributed by atoms with Crippen LogP contribution in [0.3, 0.4) is 0 Å². The molecular weight excluding hydrogens is 208 g/mol. The summed E-state index contributed by atoms with van der Waals surface area (Å²) in [6.07, 6.45) is 5.27. The minimum absolute atomic E-state index is 0.596. The van der Waals surface area contributed by atoms with Gasteiger partial charge in [-0.2, -0.15) is 5.10 Å². The number of halogens is 1. The van der Waals surface area contributed by atoms with Gasteiger partial charge in [-0.1, -0.05) is 38.3 Å². The molecule has 0 spiro atoms. The number of hydrogen-bond acceptors (Lipinski definition) is 1. The average molecular weight is 227 g/mol. The van der Waals surface area contributed by atoms with Crippen LogP contribution in [-0.4, -0.2) is 9.78 Å². The van der Waals surface area contributed by atoms with Crippen LogP contribution in [0.25, 0.3) is 0 Å². The fraction of sp³-hybridized carbons (Fsp3) is 0.750. The highest BCUT2D eigenvalue weighted by Gasteiger charge is 2.20. The summed E-state index contributed by atoms with van der Waals surface area (Å²) in [5.41, 5.74) is 1.21. The van der Waals surface area contributed by atoms with Crippen molar-refractivity contribution in [2.75, 3.05) is 0 Å². The predicted octanol–water partition coefficient (Wildman–Crippen LogP) is 3.85. The summed E-state index contributed by atoms with van der Waals surface area (Å²) in [6.45, 7) is 5.30. The van der Waals surface area contributed by atoms with Crippen LogP contribution in [0.2, 0.25) is 5.15 Å². The molecule has 0 aromatic carbocycles. The summed E-state index contributed by atoms with van der Waals surface area (Å²) in [7, 11) is 0. The lowest BCUT2D eigenvalue weighted by atomic mass is 10.1. The number of aromatic nitrogens is 2. The van der Waals surface area contributed by atoms with Crippen LogP contribution in [0.4, 0.5) is 0 Å². The van der Waals surface area contributed by atoms with Gasteiger partial charge in [0.1, 0.15) is 5.15 Å². The number of rotatable bonds is 3. The third kappa shape index (κ3) is 2.54. The molecule has 1 aliphatic rings. The van der Waals surface area contributed by atoms with E-state index in [1.807, 2.05) is 4.68 Å². The molecule has 0 bridgehead atoms. The Morgan fingerprint density at radius 3 is 2.73 bits per heavy atom. The number of hydrogen-bond donors (Lipinski definition) is 0. The maximum absolute atomic E-state index is 6.17. The van der Waals surface area contributed by atoms with Crippen LogP contribution < -0.4 is 0 Å². The second-order valence-corrected chi connectivity index (χ2v) is 5.34. The minimum Gasteiger partial charge on any atom is -0.253 e. The van der Waals surface area contributed by atoms with Gasteiger partial charge in [0.05, 0.1) is 5.69 Å². The lowest BCUT2D eigenvalue weighted by molar-refractivity contribution is 0.476. The number of nitrogens with zero attached hydrogens (tertiary/aromatic N) is 2. The van der Waals surface area contributed by atoms with Crippen LogP contribution in [0.15, 0.2) is 6.07 Å². The molecule has 0 radical (unpaired) electrons. The molecule has 0 unspecified atom stereocenters. The van der Waals surface area contributed by atoms with Crippen molar-refractivity contribution in [2.24, 2.45) is 5.92 Å². The fourth-order valence-corrected chi connectivity index (χ4v) is 2.53. The van der Waals surface area contributed by atoms with E-state index in [-0.39, 0.29) is 0 Å². The quantitative estimate of drug-likeness (QED) is 0.766. The van der Waals surface area contributed by atoms with E-state index < -0.39 is 0 Å². The Morgan fingerprint density at radius 2 is 2.13 bits per heavy atom. The van der Waals surface area contributed by atoms with Crippen molar-refractivity contribution < 1.29 is 0 Å². The molecule has 0 atom stereocenters. The molecule has 15 heavy (non-hydrogen) atoms. The summed E-state index contributed by atoms with van der Waals surface area (Å²) < 4.78 is 1.94. The first-order chi connectivity index (χ1) is 7.16. The smallest absolute Gasteiger partial charge is 0.127 e. The van der Waals surface area contributed by atoms with Gasteiger partial charge in [0.15, 0.2) is 0 Å². The minimum atomic E-state index is 0.596. The largest absolute Gasteiger partial charge is 0.253 e. The van der Waals surface area contributed by atoms with Gasteiger partial charge in [-0.15, -0.1) is 0 Å². The van der Waals surface area contributed by atoms with Crippen molar-refractivity contribution in [2.45, 2.75) is 52.0 Å². The van der Waals surface area contributed by atoms with E-state index in [9.17, 15) is 0 Å². The van der Waals surface area contributed by atoms with Crippen LogP contribution in [0.5, 0.6) is 0 Å². The second-order valence-electron chi connectivity index (χ2n) is 4.95. The van der Waals surface area contributed by atoms with Gasteiger partial charge in [-0.3, -0.25) is 4.68 Å². The fourth-order valence-electron chi connectivity index (χ4n) is 2.31. The van der Waals surface area contributed by atoms with Crippen LogP contribution in [-0.2, 0) is 6.54 Å². The van der Waals surface area contributed by atoms with E-state index in [1.54, 1.807) is 0 Å². The summed E-state index contributed by atoms with van der Waals surface area (Å²) >= 11 is 6.17. The summed E-state index contributed by atoms with van der Waals surface area (Å²) in [4.78, 5) is 0. The highest BCUT2D eigenvalue weighted by atomic mass is 35.5. The Bertz CT molecular complexity index is 324. The molecule has 1 aliphatic carbocycles. The monoisotopic (exact) mass is 226 g/mol. The molecule has 1 aromatic rings. The zero-order valence-electron chi connectivity index (χ0n) is 9.54. The third-order valence-electron chi connectivity index (χ3n) is 3.06. The normalized spacial score (nSPS) is 17.9. The van der Waals surface area contributed by atoms with Gasteiger partial charge >= 0.3 is 0 Å². The van der Waals surface area contributed by atoms with Gasteiger partial charge < -0.3 is 0 Å². The Morgan fingerprint density at radius 1 is 1.47 bits per heavy atom. The Hall–Kier alpha value is -0.500. The van der Waals surface area contributed by atoms with E-state index in [0.717, 1.165) is 11.7 Å². The van der Waals surface area contributed by atoms with Crippen molar-refractivity contribution in [3.8, 4) is 0 Å². The van der Waals surface area contributed by atoms with Crippen LogP contribution >= 0.6 is 11.6 Å². The maximum Gasteiger partial charge on any atom is 0.127 e. The molecule has 3 heteroatoms. The van der Waals surface area contributed by atoms with Crippen molar-refractivity contribution in [3.05, 3.63) is 16.9 Å². The zero-order chi connectivity index (χ0) is 10.8. The molecule has 0 amide bonds. The summed E-state index contributed by atoms with van der Waals surface area (Å²) in [6, 6.07) is 2.06. The van der Waals surface area contributed by atoms with Gasteiger partial charge in [0.2, 0.25) is 0 Å². The molecule has 84 valence electrons. The molecule has 0 saturated heterocycles. The third-order valence-corrected chi connectivity index (χ3v) is 3.37. The van der Waals surface area contributed by atoms with Crippen molar-refractivity contribution in [1.29, 1.82) is 0 Å². The van der Waals surface area contributed by atoms with Crippen LogP contribution in [0.1, 0.15) is 51.1 Å². The first kappa shape index (κ1) is 11.0. The Balaban J connectivity index is 2.12. The highest BCUT2D eigenvalue weighted by Crippen LogP contribution is 2.34. The lowest BCUT2D eigenvalue weighted by Crippen LogP contribution is -2.07. The molecule has 1 aromatic heterocycles. The van der Waals surface area contributed by atoms with Crippen molar-refractivity contribution >= 4 is 11.6 Å². The molecule has 1 saturated carbocycles. The van der Waals surface area contributed by atoms with Gasteiger partial charge in [0.25, 0.3) is 0 Å². The highest BCUT2D eigenvalue weighted by molar-refractivity contribution is 6.29. The molecule has 2 rings (SSSR count). The standard InChI is InChI=1S/C12H19ClN2/c1-9(2)8-15-12(13)7-11(14-15)10-5-3-4-6-10/h7,9-10H,3-6,8H2,1-2H3. The first-order valence-corrected chi connectivity index (χ1v) is 6.28. The van der Waals surface area contributed by atoms with E-state index in [0.29, 0.717) is 11.8 Å². The van der Waals surface area contributed by atoms with E-state index in [2.05, 4.69) is 25.0 Å². The molecular formula is C12H19ClN2. The van der Waals surface area contributed by atoms with Gasteiger partial charge in [-0.25, -0.2) is 0 Å². The Labute approximate surface area is 96.6 Å². The summed E-state index contributed by atoms with van der Waals surface area (Å²) in [5.74, 6) is 1.26.